The smallest absolute Gasteiger partial charge is 0.182 e. The van der Waals surface area contributed by atoms with Crippen molar-refractivity contribution < 1.29 is 8.78 Å². The van der Waals surface area contributed by atoms with Crippen LogP contribution in [0, 0.1) is 29.9 Å². The van der Waals surface area contributed by atoms with Gasteiger partial charge in [0, 0.05) is 0 Å². The summed E-state index contributed by atoms with van der Waals surface area (Å²) in [6.07, 6.45) is 0. The Balaban J connectivity index is 2.39. The zero-order chi connectivity index (χ0) is 12.4. The third-order valence-electron chi connectivity index (χ3n) is 2.17. The molecule has 3 nitrogen and oxygen atoms in total. The average Bonchev–Trinajstić information content (AvgIpc) is 2.66. The van der Waals surface area contributed by atoms with Gasteiger partial charge < -0.3 is 5.32 Å². The molecular weight excluding hydrogens is 244 g/mol. The first kappa shape index (κ1) is 11.5. The van der Waals surface area contributed by atoms with Gasteiger partial charge >= 0.3 is 0 Å². The average molecular weight is 251 g/mol. The number of aryl methyl sites for hydroxylation is 1. The minimum Gasteiger partial charge on any atom is -0.342 e. The van der Waals surface area contributed by atoms with E-state index < -0.39 is 11.6 Å². The molecule has 0 aliphatic carbocycles. The van der Waals surface area contributed by atoms with E-state index in [1.54, 1.807) is 6.92 Å². The first-order valence-corrected chi connectivity index (χ1v) is 5.48. The number of rotatable bonds is 2. The first-order chi connectivity index (χ1) is 8.13. The Morgan fingerprint density at radius 2 is 2.18 bits per heavy atom. The lowest BCUT2D eigenvalue weighted by Crippen LogP contribution is -1.96. The van der Waals surface area contributed by atoms with E-state index in [0.29, 0.717) is 16.3 Å². The van der Waals surface area contributed by atoms with Crippen LogP contribution in [-0.4, -0.2) is 4.37 Å². The Hall–Kier alpha value is -2.00. The summed E-state index contributed by atoms with van der Waals surface area (Å²) in [7, 11) is 0. The summed E-state index contributed by atoms with van der Waals surface area (Å²) in [5, 5.41) is 12.0. The standard InChI is InChI=1S/C11H7F2N3S/c1-6-7(5-14)11(17-16-6)15-9-4-2-3-8(12)10(9)13/h2-4,15H,1H3. The van der Waals surface area contributed by atoms with Crippen LogP contribution in [-0.2, 0) is 0 Å². The SMILES string of the molecule is Cc1nsc(Nc2cccc(F)c2F)c1C#N. The summed E-state index contributed by atoms with van der Waals surface area (Å²) in [6.45, 7) is 1.68. The van der Waals surface area contributed by atoms with Crippen LogP contribution in [0.4, 0.5) is 19.5 Å². The number of benzene rings is 1. The van der Waals surface area contributed by atoms with E-state index in [4.69, 9.17) is 5.26 Å². The number of hydrogen-bond donors (Lipinski definition) is 1. The maximum atomic E-state index is 13.4. The third kappa shape index (κ3) is 2.10. The van der Waals surface area contributed by atoms with Gasteiger partial charge in [0.25, 0.3) is 0 Å². The van der Waals surface area contributed by atoms with Crippen molar-refractivity contribution in [3.8, 4) is 6.07 Å². The highest BCUT2D eigenvalue weighted by Crippen LogP contribution is 2.28. The number of hydrogen-bond acceptors (Lipinski definition) is 4. The van der Waals surface area contributed by atoms with Crippen LogP contribution in [0.1, 0.15) is 11.3 Å². The van der Waals surface area contributed by atoms with E-state index in [9.17, 15) is 8.78 Å². The second-order valence-corrected chi connectivity index (χ2v) is 4.08. The zero-order valence-electron chi connectivity index (χ0n) is 8.79. The van der Waals surface area contributed by atoms with Crippen molar-refractivity contribution in [2.45, 2.75) is 6.92 Å². The van der Waals surface area contributed by atoms with Crippen LogP contribution in [0.25, 0.3) is 0 Å². The van der Waals surface area contributed by atoms with Gasteiger partial charge in [0.15, 0.2) is 11.6 Å². The molecule has 0 amide bonds. The molecule has 0 spiro atoms. The van der Waals surface area contributed by atoms with Crippen molar-refractivity contribution in [2.75, 3.05) is 5.32 Å². The Morgan fingerprint density at radius 1 is 1.41 bits per heavy atom. The molecule has 0 aliphatic heterocycles. The minimum atomic E-state index is -0.970. The Kier molecular flexibility index (Phi) is 3.02. The van der Waals surface area contributed by atoms with Crippen LogP contribution in [0.5, 0.6) is 0 Å². The van der Waals surface area contributed by atoms with Crippen molar-refractivity contribution in [1.29, 1.82) is 5.26 Å². The minimum absolute atomic E-state index is 0.00912. The molecule has 1 heterocycles. The molecule has 0 fully saturated rings. The van der Waals surface area contributed by atoms with Gasteiger partial charge in [0.2, 0.25) is 0 Å². The molecule has 2 aromatic rings. The predicted molar refractivity (Wildman–Crippen MR) is 61.2 cm³/mol. The van der Waals surface area contributed by atoms with Crippen molar-refractivity contribution in [1.82, 2.24) is 4.37 Å². The fourth-order valence-corrected chi connectivity index (χ4v) is 2.07. The van der Waals surface area contributed by atoms with Gasteiger partial charge in [-0.05, 0) is 30.6 Å². The highest BCUT2D eigenvalue weighted by Gasteiger charge is 2.13. The van der Waals surface area contributed by atoms with E-state index >= 15 is 0 Å². The molecule has 86 valence electrons. The molecule has 0 saturated heterocycles. The number of nitriles is 1. The fourth-order valence-electron chi connectivity index (χ4n) is 1.31. The largest absolute Gasteiger partial charge is 0.342 e. The van der Waals surface area contributed by atoms with Crippen molar-refractivity contribution in [3.05, 3.63) is 41.1 Å². The van der Waals surface area contributed by atoms with Crippen LogP contribution >= 0.6 is 11.5 Å². The van der Waals surface area contributed by atoms with E-state index in [1.165, 1.54) is 12.1 Å². The summed E-state index contributed by atoms with van der Waals surface area (Å²) in [4.78, 5) is 0. The molecule has 17 heavy (non-hydrogen) atoms. The fraction of sp³-hybridized carbons (Fsp3) is 0.0909. The van der Waals surface area contributed by atoms with Crippen LogP contribution in [0.15, 0.2) is 18.2 Å². The predicted octanol–water partition coefficient (Wildman–Crippen LogP) is 3.35. The van der Waals surface area contributed by atoms with Gasteiger partial charge in [-0.3, -0.25) is 0 Å². The molecule has 1 N–H and O–H groups in total. The molecule has 0 aliphatic rings. The lowest BCUT2D eigenvalue weighted by molar-refractivity contribution is 0.512. The molecule has 2 rings (SSSR count). The van der Waals surface area contributed by atoms with Gasteiger partial charge in [0.1, 0.15) is 16.6 Å². The number of aromatic nitrogens is 1. The van der Waals surface area contributed by atoms with Gasteiger partial charge in [0.05, 0.1) is 11.4 Å². The van der Waals surface area contributed by atoms with E-state index in [0.717, 1.165) is 17.6 Å². The summed E-state index contributed by atoms with van der Waals surface area (Å²) < 4.78 is 30.3. The lowest BCUT2D eigenvalue weighted by Gasteiger charge is -2.05. The molecular formula is C11H7F2N3S. The van der Waals surface area contributed by atoms with E-state index in [-0.39, 0.29) is 5.69 Å². The van der Waals surface area contributed by atoms with Gasteiger partial charge in [-0.15, -0.1) is 0 Å². The molecule has 0 atom stereocenters. The van der Waals surface area contributed by atoms with Crippen molar-refractivity contribution >= 4 is 22.2 Å². The number of nitrogens with zero attached hydrogens (tertiary/aromatic N) is 2. The highest BCUT2D eigenvalue weighted by atomic mass is 32.1. The zero-order valence-corrected chi connectivity index (χ0v) is 9.61. The molecule has 0 bridgehead atoms. The number of nitrogens with one attached hydrogen (secondary N) is 1. The number of halogens is 2. The van der Waals surface area contributed by atoms with Crippen molar-refractivity contribution in [3.63, 3.8) is 0 Å². The molecule has 0 saturated carbocycles. The molecule has 1 aromatic carbocycles. The summed E-state index contributed by atoms with van der Waals surface area (Å²) in [6, 6.07) is 5.79. The van der Waals surface area contributed by atoms with E-state index in [1.807, 2.05) is 6.07 Å². The quantitative estimate of drug-likeness (QED) is 0.890. The Morgan fingerprint density at radius 3 is 2.88 bits per heavy atom. The Labute approximate surface area is 100 Å². The highest BCUT2D eigenvalue weighted by molar-refractivity contribution is 7.10. The molecule has 1 aromatic heterocycles. The van der Waals surface area contributed by atoms with Crippen molar-refractivity contribution in [2.24, 2.45) is 0 Å². The molecule has 0 radical (unpaired) electrons. The maximum absolute atomic E-state index is 13.4. The summed E-state index contributed by atoms with van der Waals surface area (Å²) in [5.41, 5.74) is 0.903. The van der Waals surface area contributed by atoms with Crippen LogP contribution < -0.4 is 5.32 Å². The molecule has 6 heteroatoms. The second kappa shape index (κ2) is 4.47. The normalized spacial score (nSPS) is 10.0. The van der Waals surface area contributed by atoms with Crippen LogP contribution in [0.2, 0.25) is 0 Å². The lowest BCUT2D eigenvalue weighted by atomic mass is 10.2. The van der Waals surface area contributed by atoms with Gasteiger partial charge in [-0.2, -0.15) is 9.64 Å². The van der Waals surface area contributed by atoms with Crippen LogP contribution in [0.3, 0.4) is 0 Å². The summed E-state index contributed by atoms with van der Waals surface area (Å²) in [5.74, 6) is -1.91. The Bertz CT molecular complexity index is 601. The van der Waals surface area contributed by atoms with Gasteiger partial charge in [-0.25, -0.2) is 8.78 Å². The second-order valence-electron chi connectivity index (χ2n) is 3.31. The summed E-state index contributed by atoms with van der Waals surface area (Å²) >= 11 is 1.04. The molecule has 0 unspecified atom stereocenters. The third-order valence-corrected chi connectivity index (χ3v) is 3.03. The monoisotopic (exact) mass is 251 g/mol. The van der Waals surface area contributed by atoms with E-state index in [2.05, 4.69) is 9.69 Å². The first-order valence-electron chi connectivity index (χ1n) is 4.71. The number of anilines is 2. The maximum Gasteiger partial charge on any atom is 0.182 e. The topological polar surface area (TPSA) is 48.7 Å². The van der Waals surface area contributed by atoms with Gasteiger partial charge in [-0.1, -0.05) is 6.07 Å².